The summed E-state index contributed by atoms with van der Waals surface area (Å²) in [6.07, 6.45) is -1.91. The summed E-state index contributed by atoms with van der Waals surface area (Å²) in [6.45, 7) is 15.7. The van der Waals surface area contributed by atoms with Crippen molar-refractivity contribution in [2.75, 3.05) is 32.7 Å². The van der Waals surface area contributed by atoms with E-state index in [1.54, 1.807) is 86.6 Å². The molecule has 22 nitrogen and oxygen atoms in total. The van der Waals surface area contributed by atoms with Gasteiger partial charge in [0, 0.05) is 45.6 Å². The fourth-order valence-corrected chi connectivity index (χ4v) is 7.95. The van der Waals surface area contributed by atoms with Gasteiger partial charge in [-0.25, -0.2) is 14.4 Å². The zero-order valence-corrected chi connectivity index (χ0v) is 43.0. The van der Waals surface area contributed by atoms with E-state index in [0.717, 1.165) is 0 Å². The quantitative estimate of drug-likeness (QED) is 0.0907. The van der Waals surface area contributed by atoms with Crippen molar-refractivity contribution in [3.8, 4) is 22.6 Å². The van der Waals surface area contributed by atoms with Crippen molar-refractivity contribution in [1.29, 1.82) is 0 Å². The second-order valence-electron chi connectivity index (χ2n) is 20.9. The molecule has 0 aromatic heterocycles. The molecule has 2 aromatic carbocycles. The van der Waals surface area contributed by atoms with E-state index >= 15 is 0 Å². The first-order chi connectivity index (χ1) is 33.6. The molecule has 5 atom stereocenters. The first kappa shape index (κ1) is 57.7. The van der Waals surface area contributed by atoms with Crippen molar-refractivity contribution in [3.63, 3.8) is 0 Å². The van der Waals surface area contributed by atoms with Crippen molar-refractivity contribution in [2.24, 2.45) is 5.73 Å². The van der Waals surface area contributed by atoms with Crippen LogP contribution in [-0.4, -0.2) is 143 Å². The van der Waals surface area contributed by atoms with Gasteiger partial charge < -0.3 is 72.3 Å². The first-order valence-electron chi connectivity index (χ1n) is 24.4. The summed E-state index contributed by atoms with van der Waals surface area (Å²) in [5.74, 6) is -3.96. The highest BCUT2D eigenvalue weighted by atomic mass is 16.6. The third-order valence-corrected chi connectivity index (χ3v) is 11.2. The molecule has 2 heterocycles. The molecule has 22 heteroatoms. The number of likely N-dealkylation sites (tertiary alicyclic amines) is 1. The van der Waals surface area contributed by atoms with Gasteiger partial charge in [-0.05, 0) is 147 Å². The molecule has 0 aliphatic carbocycles. The number of rotatable bonds is 15. The van der Waals surface area contributed by atoms with Gasteiger partial charge in [-0.3, -0.25) is 24.0 Å². The lowest BCUT2D eigenvalue weighted by Crippen LogP contribution is -2.59. The summed E-state index contributed by atoms with van der Waals surface area (Å²) >= 11 is 0. The van der Waals surface area contributed by atoms with Gasteiger partial charge in [-0.2, -0.15) is 0 Å². The van der Waals surface area contributed by atoms with Crippen molar-refractivity contribution in [3.05, 3.63) is 47.5 Å². The second-order valence-corrected chi connectivity index (χ2v) is 20.9. The van der Waals surface area contributed by atoms with E-state index in [4.69, 9.17) is 19.9 Å². The second kappa shape index (κ2) is 25.5. The number of amides is 8. The zero-order chi connectivity index (χ0) is 53.6. The number of carbonyl (C=O) groups excluding carboxylic acids is 8. The van der Waals surface area contributed by atoms with Gasteiger partial charge in [0.2, 0.25) is 29.5 Å². The number of hydrogen-bond donors (Lipinski definition) is 10. The molecule has 2 aromatic rings. The summed E-state index contributed by atoms with van der Waals surface area (Å²) in [4.78, 5) is 111. The molecule has 1 saturated heterocycles. The maximum absolute atomic E-state index is 15.0. The Morgan fingerprint density at radius 1 is 0.722 bits per heavy atom. The fraction of sp³-hybridized carbons (Fsp3) is 0.600. The van der Waals surface area contributed by atoms with Crippen molar-refractivity contribution < 1.29 is 62.8 Å². The maximum Gasteiger partial charge on any atom is 0.408 e. The molecule has 398 valence electrons. The zero-order valence-electron chi connectivity index (χ0n) is 43.0. The van der Waals surface area contributed by atoms with Crippen LogP contribution >= 0.6 is 0 Å². The van der Waals surface area contributed by atoms with Gasteiger partial charge in [-0.1, -0.05) is 12.1 Å². The molecule has 1 fully saturated rings. The molecule has 11 N–H and O–H groups in total. The number of alkyl carbamates (subject to hydrolysis) is 3. The van der Waals surface area contributed by atoms with E-state index in [0.29, 0.717) is 17.5 Å². The Labute approximate surface area is 421 Å². The van der Waals surface area contributed by atoms with Crippen LogP contribution in [0.15, 0.2) is 36.4 Å². The monoisotopic (exact) mass is 1010 g/mol. The lowest BCUT2D eigenvalue weighted by molar-refractivity contribution is -0.142. The molecule has 4 bridgehead atoms. The minimum Gasteiger partial charge on any atom is -0.508 e. The standard InChI is InChI=1S/C50H75N9O13/c1-48(2,3)70-45(67)53-21-10-13-33(40(62)52-23-20-51)56-43(65)37-15-12-24-59(37)44(66)36-28-32-26-30(17-19-39(32)61)29-16-18-38(60)31(25-29)27-35(58-47(69)72-50(7,8)9)42(64)55-34(41(63)57-36)14-11-22-54-46(68)71-49(4,5)6/h16-19,25-26,33-37,60-61H,10-15,20-24,27-28,51H2,1-9H3,(H,52,62)(H,53,67)(H,54,68)(H,55,64)(H,56,65)(H,57,63)(H,58,69)/t33?,34-,35?,36?,37?/m0/s1. The summed E-state index contributed by atoms with van der Waals surface area (Å²) in [6, 6.07) is 2.84. The summed E-state index contributed by atoms with van der Waals surface area (Å²) in [7, 11) is 0. The predicted octanol–water partition coefficient (Wildman–Crippen LogP) is 2.89. The van der Waals surface area contributed by atoms with Gasteiger partial charge in [-0.15, -0.1) is 0 Å². The average molecular weight is 1010 g/mol. The Bertz CT molecular complexity index is 2270. The molecule has 4 unspecified atom stereocenters. The van der Waals surface area contributed by atoms with Crippen LogP contribution in [0.2, 0.25) is 0 Å². The Morgan fingerprint density at radius 2 is 1.26 bits per heavy atom. The number of fused-ring (bicyclic) bond motifs is 5. The van der Waals surface area contributed by atoms with Crippen LogP contribution in [0.5, 0.6) is 11.5 Å². The number of carbonyl (C=O) groups is 8. The lowest BCUT2D eigenvalue weighted by Gasteiger charge is -2.31. The topological polar surface area (TPSA) is 318 Å². The smallest absolute Gasteiger partial charge is 0.408 e. The lowest BCUT2D eigenvalue weighted by atomic mass is 9.95. The van der Waals surface area contributed by atoms with Gasteiger partial charge in [0.15, 0.2) is 0 Å². The molecule has 72 heavy (non-hydrogen) atoms. The highest BCUT2D eigenvalue weighted by Gasteiger charge is 2.40. The number of ether oxygens (including phenoxy) is 3. The predicted molar refractivity (Wildman–Crippen MR) is 265 cm³/mol. The Hall–Kier alpha value is -6.84. The number of nitrogens with one attached hydrogen (secondary N) is 7. The molecule has 0 spiro atoms. The molecule has 2 aliphatic heterocycles. The van der Waals surface area contributed by atoms with Gasteiger partial charge in [0.25, 0.3) is 0 Å². The largest absolute Gasteiger partial charge is 0.508 e. The molecular weight excluding hydrogens is 935 g/mol. The summed E-state index contributed by atoms with van der Waals surface area (Å²) in [5.41, 5.74) is 4.72. The van der Waals surface area contributed by atoms with Crippen molar-refractivity contribution in [2.45, 2.75) is 161 Å². The average Bonchev–Trinajstić information content (AvgIpc) is 3.76. The number of nitrogens with zero attached hydrogens (tertiary/aromatic N) is 1. The Morgan fingerprint density at radius 3 is 1.82 bits per heavy atom. The highest BCUT2D eigenvalue weighted by Crippen LogP contribution is 2.32. The fourth-order valence-electron chi connectivity index (χ4n) is 7.95. The molecular formula is C50H75N9O13. The SMILES string of the molecule is CC(C)(C)OC(=O)NCCCC(NC(=O)C1CCCN1C(=O)C1Cc2cc(ccc2O)-c2ccc(O)c(c2)CC(NC(=O)OC(C)(C)C)C(=O)N[C@@H](CCCNC(=O)OC(C)(C)C)C(=O)N1)C(=O)NCCN. The normalized spacial score (nSPS) is 18.9. The van der Waals surface area contributed by atoms with E-state index in [1.165, 1.54) is 17.0 Å². The summed E-state index contributed by atoms with van der Waals surface area (Å²) in [5, 5.41) is 41.1. The van der Waals surface area contributed by atoms with E-state index in [9.17, 15) is 48.6 Å². The van der Waals surface area contributed by atoms with Gasteiger partial charge in [0.1, 0.15) is 58.5 Å². The third-order valence-electron chi connectivity index (χ3n) is 11.2. The van der Waals surface area contributed by atoms with E-state index < -0.39 is 94.8 Å². The molecule has 8 amide bonds. The maximum atomic E-state index is 15.0. The van der Waals surface area contributed by atoms with E-state index in [2.05, 4.69) is 37.2 Å². The van der Waals surface area contributed by atoms with Crippen LogP contribution in [0.25, 0.3) is 11.1 Å². The molecule has 2 aliphatic rings. The third kappa shape index (κ3) is 18.7. The van der Waals surface area contributed by atoms with Crippen LogP contribution < -0.4 is 43.0 Å². The number of nitrogens with two attached hydrogens (primary N) is 1. The van der Waals surface area contributed by atoms with E-state index in [-0.39, 0.29) is 100 Å². The van der Waals surface area contributed by atoms with Crippen LogP contribution in [-0.2, 0) is 51.0 Å². The van der Waals surface area contributed by atoms with Gasteiger partial charge in [0.05, 0.1) is 0 Å². The number of phenolic OH excluding ortho intramolecular Hbond substituents is 2. The van der Waals surface area contributed by atoms with E-state index in [1.807, 2.05) is 0 Å². The molecule has 4 rings (SSSR count). The van der Waals surface area contributed by atoms with Crippen LogP contribution in [0.1, 0.15) is 112 Å². The number of benzene rings is 2. The molecule has 0 saturated carbocycles. The number of phenols is 2. The molecule has 0 radical (unpaired) electrons. The van der Waals surface area contributed by atoms with Crippen molar-refractivity contribution in [1.82, 2.24) is 42.1 Å². The van der Waals surface area contributed by atoms with Crippen LogP contribution in [0.3, 0.4) is 0 Å². The highest BCUT2D eigenvalue weighted by molar-refractivity contribution is 5.97. The Kier molecular flexibility index (Phi) is 20.5. The summed E-state index contributed by atoms with van der Waals surface area (Å²) < 4.78 is 16.1. The minimum atomic E-state index is -1.45. The first-order valence-corrected chi connectivity index (χ1v) is 24.4. The Balaban J connectivity index is 1.71. The van der Waals surface area contributed by atoms with Gasteiger partial charge >= 0.3 is 18.3 Å². The van der Waals surface area contributed by atoms with Crippen molar-refractivity contribution >= 4 is 47.8 Å². The van der Waals surface area contributed by atoms with Crippen LogP contribution in [0, 0.1) is 0 Å². The number of aromatic hydroxyl groups is 2. The van der Waals surface area contributed by atoms with Crippen LogP contribution in [0.4, 0.5) is 14.4 Å². The number of hydrogen-bond acceptors (Lipinski definition) is 14. The minimum absolute atomic E-state index is 0.00784.